The van der Waals surface area contributed by atoms with Gasteiger partial charge < -0.3 is 10.1 Å². The third-order valence-electron chi connectivity index (χ3n) is 3.87. The van der Waals surface area contributed by atoms with Crippen molar-refractivity contribution in [2.75, 3.05) is 17.7 Å². The summed E-state index contributed by atoms with van der Waals surface area (Å²) in [6.45, 7) is 1.76. The van der Waals surface area contributed by atoms with Crippen LogP contribution in [0.5, 0.6) is 5.75 Å². The summed E-state index contributed by atoms with van der Waals surface area (Å²) in [5.41, 5.74) is 1.12. The first-order valence-electron chi connectivity index (χ1n) is 7.98. The van der Waals surface area contributed by atoms with Crippen molar-refractivity contribution in [3.63, 3.8) is 0 Å². The van der Waals surface area contributed by atoms with Crippen LogP contribution in [0.4, 0.5) is 5.69 Å². The molecule has 2 aromatic rings. The molecule has 0 saturated heterocycles. The lowest BCUT2D eigenvalue weighted by Gasteiger charge is -2.28. The summed E-state index contributed by atoms with van der Waals surface area (Å²) in [5, 5.41) is 3.24. The number of hydrogen-bond acceptors (Lipinski definition) is 4. The Morgan fingerprint density at radius 3 is 2.30 bits per heavy atom. The van der Waals surface area contributed by atoms with Crippen LogP contribution in [0, 0.1) is 0 Å². The fraction of sp³-hybridized carbons (Fsp3) is 0.278. The third-order valence-corrected chi connectivity index (χ3v) is 5.85. The number of nitrogens with one attached hydrogen (secondary N) is 1. The molecule has 0 saturated carbocycles. The van der Waals surface area contributed by atoms with Crippen molar-refractivity contribution in [3.8, 4) is 5.75 Å². The van der Waals surface area contributed by atoms with Crippen LogP contribution in [-0.2, 0) is 21.4 Å². The average Bonchev–Trinajstić information content (AvgIpc) is 2.62. The number of rotatable bonds is 7. The minimum absolute atomic E-state index is 0.202. The predicted octanol–water partition coefficient (Wildman–Crippen LogP) is 3.47. The normalized spacial score (nSPS) is 12.3. The lowest BCUT2D eigenvalue weighted by molar-refractivity contribution is -0.122. The Labute approximate surface area is 169 Å². The Bertz CT molecular complexity index is 917. The van der Waals surface area contributed by atoms with Crippen molar-refractivity contribution >= 4 is 44.8 Å². The minimum Gasteiger partial charge on any atom is -0.497 e. The average molecular weight is 431 g/mol. The Morgan fingerprint density at radius 1 is 1.15 bits per heavy atom. The number of halogens is 2. The quantitative estimate of drug-likeness (QED) is 0.729. The van der Waals surface area contributed by atoms with Gasteiger partial charge in [-0.1, -0.05) is 35.3 Å². The Balaban J connectivity index is 2.17. The topological polar surface area (TPSA) is 75.7 Å². The number of carbonyl (C=O) groups is 1. The molecule has 2 rings (SSSR count). The van der Waals surface area contributed by atoms with Gasteiger partial charge in [0.25, 0.3) is 0 Å². The maximum atomic E-state index is 12.6. The molecular formula is C18H20Cl2N2O4S. The van der Waals surface area contributed by atoms with Crippen LogP contribution in [0.3, 0.4) is 0 Å². The van der Waals surface area contributed by atoms with E-state index in [1.54, 1.807) is 19.2 Å². The summed E-state index contributed by atoms with van der Waals surface area (Å²) in [5.74, 6) is 0.267. The summed E-state index contributed by atoms with van der Waals surface area (Å²) in [7, 11) is -2.16. The highest BCUT2D eigenvalue weighted by Crippen LogP contribution is 2.29. The SMILES string of the molecule is COc1ccc(CNC(=O)C(C)N(c2ccc(Cl)c(Cl)c2)S(C)(=O)=O)cc1. The van der Waals surface area contributed by atoms with Crippen LogP contribution < -0.4 is 14.4 Å². The number of carbonyl (C=O) groups excluding carboxylic acids is 1. The smallest absolute Gasteiger partial charge is 0.243 e. The van der Waals surface area contributed by atoms with Crippen molar-refractivity contribution < 1.29 is 17.9 Å². The first-order valence-corrected chi connectivity index (χ1v) is 10.6. The van der Waals surface area contributed by atoms with Gasteiger partial charge in [0.05, 0.1) is 29.1 Å². The molecule has 27 heavy (non-hydrogen) atoms. The van der Waals surface area contributed by atoms with Gasteiger partial charge in [-0.05, 0) is 42.8 Å². The highest BCUT2D eigenvalue weighted by atomic mass is 35.5. The summed E-state index contributed by atoms with van der Waals surface area (Å²) < 4.78 is 30.7. The van der Waals surface area contributed by atoms with Crippen LogP contribution in [0.15, 0.2) is 42.5 Å². The van der Waals surface area contributed by atoms with Crippen molar-refractivity contribution in [1.29, 1.82) is 0 Å². The fourth-order valence-corrected chi connectivity index (χ4v) is 3.97. The van der Waals surface area contributed by atoms with Gasteiger partial charge in [-0.25, -0.2) is 8.42 Å². The van der Waals surface area contributed by atoms with Crippen molar-refractivity contribution in [1.82, 2.24) is 5.32 Å². The standard InChI is InChI=1S/C18H20Cl2N2O4S/c1-12(18(23)21-11-13-4-7-15(26-2)8-5-13)22(27(3,24)25)14-6-9-16(19)17(20)10-14/h4-10,12H,11H2,1-3H3,(H,21,23). The molecule has 146 valence electrons. The second kappa shape index (κ2) is 8.82. The molecular weight excluding hydrogens is 411 g/mol. The van der Waals surface area contributed by atoms with E-state index < -0.39 is 22.0 Å². The molecule has 1 amide bonds. The number of sulfonamides is 1. The first kappa shape index (κ1) is 21.3. The zero-order valence-electron chi connectivity index (χ0n) is 15.1. The van der Waals surface area contributed by atoms with Crippen LogP contribution in [0.2, 0.25) is 10.0 Å². The van der Waals surface area contributed by atoms with E-state index in [0.717, 1.165) is 16.1 Å². The van der Waals surface area contributed by atoms with Gasteiger partial charge >= 0.3 is 0 Å². The number of amides is 1. The monoisotopic (exact) mass is 430 g/mol. The molecule has 0 aromatic heterocycles. The number of hydrogen-bond donors (Lipinski definition) is 1. The number of ether oxygens (including phenoxy) is 1. The molecule has 2 aromatic carbocycles. The lowest BCUT2D eigenvalue weighted by atomic mass is 10.2. The van der Waals surface area contributed by atoms with Gasteiger partial charge in [-0.15, -0.1) is 0 Å². The third kappa shape index (κ3) is 5.51. The van der Waals surface area contributed by atoms with Gasteiger partial charge in [0.15, 0.2) is 0 Å². The van der Waals surface area contributed by atoms with Crippen LogP contribution in [-0.4, -0.2) is 33.7 Å². The molecule has 0 heterocycles. The van der Waals surface area contributed by atoms with E-state index in [1.165, 1.54) is 25.1 Å². The first-order chi connectivity index (χ1) is 12.6. The van der Waals surface area contributed by atoms with Crippen LogP contribution in [0.25, 0.3) is 0 Å². The van der Waals surface area contributed by atoms with E-state index in [1.807, 2.05) is 12.1 Å². The lowest BCUT2D eigenvalue weighted by Crippen LogP contribution is -2.47. The molecule has 0 bridgehead atoms. The van der Waals surface area contributed by atoms with Gasteiger partial charge in [0, 0.05) is 6.54 Å². The number of methoxy groups -OCH3 is 1. The predicted molar refractivity (Wildman–Crippen MR) is 108 cm³/mol. The van der Waals surface area contributed by atoms with Crippen molar-refractivity contribution in [2.45, 2.75) is 19.5 Å². The Kier molecular flexibility index (Phi) is 6.97. The zero-order chi connectivity index (χ0) is 20.2. The molecule has 0 spiro atoms. The van der Waals surface area contributed by atoms with Gasteiger partial charge in [0.2, 0.25) is 15.9 Å². The van der Waals surface area contributed by atoms with Gasteiger partial charge in [0.1, 0.15) is 11.8 Å². The van der Waals surface area contributed by atoms with E-state index in [0.29, 0.717) is 10.8 Å². The number of nitrogens with zero attached hydrogens (tertiary/aromatic N) is 1. The number of benzene rings is 2. The molecule has 9 heteroatoms. The van der Waals surface area contributed by atoms with E-state index in [-0.39, 0.29) is 17.3 Å². The van der Waals surface area contributed by atoms with Crippen molar-refractivity contribution in [3.05, 3.63) is 58.1 Å². The minimum atomic E-state index is -3.73. The van der Waals surface area contributed by atoms with Crippen molar-refractivity contribution in [2.24, 2.45) is 0 Å². The zero-order valence-corrected chi connectivity index (χ0v) is 17.4. The largest absolute Gasteiger partial charge is 0.497 e. The molecule has 6 nitrogen and oxygen atoms in total. The molecule has 0 aliphatic carbocycles. The second-order valence-corrected chi connectivity index (χ2v) is 8.57. The highest BCUT2D eigenvalue weighted by Gasteiger charge is 2.29. The summed E-state index contributed by atoms with van der Waals surface area (Å²) in [6, 6.07) is 10.6. The fourth-order valence-electron chi connectivity index (χ4n) is 2.51. The maximum absolute atomic E-state index is 12.6. The Hall–Kier alpha value is -1.96. The van der Waals surface area contributed by atoms with E-state index in [9.17, 15) is 13.2 Å². The van der Waals surface area contributed by atoms with Crippen LogP contribution >= 0.6 is 23.2 Å². The molecule has 1 atom stereocenters. The molecule has 1 unspecified atom stereocenters. The summed E-state index contributed by atoms with van der Waals surface area (Å²) in [6.07, 6.45) is 1.03. The van der Waals surface area contributed by atoms with E-state index in [2.05, 4.69) is 5.32 Å². The summed E-state index contributed by atoms with van der Waals surface area (Å²) in [4.78, 5) is 12.6. The number of anilines is 1. The molecule has 0 radical (unpaired) electrons. The highest BCUT2D eigenvalue weighted by molar-refractivity contribution is 7.92. The van der Waals surface area contributed by atoms with E-state index in [4.69, 9.17) is 27.9 Å². The van der Waals surface area contributed by atoms with Gasteiger partial charge in [-0.2, -0.15) is 0 Å². The molecule has 0 aliphatic rings. The molecule has 1 N–H and O–H groups in total. The Morgan fingerprint density at radius 2 is 1.78 bits per heavy atom. The van der Waals surface area contributed by atoms with Crippen LogP contribution in [0.1, 0.15) is 12.5 Å². The van der Waals surface area contributed by atoms with Gasteiger partial charge in [-0.3, -0.25) is 9.10 Å². The maximum Gasteiger partial charge on any atom is 0.243 e. The summed E-state index contributed by atoms with van der Waals surface area (Å²) >= 11 is 11.9. The van der Waals surface area contributed by atoms with E-state index >= 15 is 0 Å². The molecule has 0 aliphatic heterocycles. The second-order valence-electron chi connectivity index (χ2n) is 5.90. The molecule has 0 fully saturated rings.